The monoisotopic (exact) mass is 403 g/mol. The maximum Gasteiger partial charge on any atom is 0.408 e. The Hall–Kier alpha value is -3.06. The van der Waals surface area contributed by atoms with E-state index in [2.05, 4.69) is 16.0 Å². The van der Waals surface area contributed by atoms with E-state index in [0.717, 1.165) is 0 Å². The van der Waals surface area contributed by atoms with Gasteiger partial charge in [-0.1, -0.05) is 29.8 Å². The van der Waals surface area contributed by atoms with Crippen LogP contribution in [0.25, 0.3) is 0 Å². The molecule has 7 nitrogen and oxygen atoms in total. The summed E-state index contributed by atoms with van der Waals surface area (Å²) in [6.07, 6.45) is -0.677. The minimum absolute atomic E-state index is 0.245. The number of benzene rings is 2. The van der Waals surface area contributed by atoms with E-state index >= 15 is 0 Å². The van der Waals surface area contributed by atoms with Crippen LogP contribution in [0.2, 0.25) is 5.02 Å². The molecule has 2 rings (SSSR count). The molecular formula is C20H22ClN3O4. The highest BCUT2D eigenvalue weighted by molar-refractivity contribution is 6.34. The SMILES string of the molecule is CC(C)(C)OC(=O)NCC(=O)Nc1cccc(NC(=O)c2ccccc2Cl)c1. The Kier molecular flexibility index (Phi) is 7.00. The van der Waals surface area contributed by atoms with Gasteiger partial charge in [0.2, 0.25) is 5.91 Å². The van der Waals surface area contributed by atoms with Gasteiger partial charge in [-0.2, -0.15) is 0 Å². The van der Waals surface area contributed by atoms with Crippen LogP contribution in [0.4, 0.5) is 16.2 Å². The van der Waals surface area contributed by atoms with E-state index in [9.17, 15) is 14.4 Å². The number of carbonyl (C=O) groups excluding carboxylic acids is 3. The number of hydrogen-bond acceptors (Lipinski definition) is 4. The standard InChI is InChI=1S/C20H22ClN3O4/c1-20(2,3)28-19(27)22-12-17(25)23-13-7-6-8-14(11-13)24-18(26)15-9-4-5-10-16(15)21/h4-11H,12H2,1-3H3,(H,22,27)(H,23,25)(H,24,26). The Labute approximate surface area is 168 Å². The Balaban J connectivity index is 1.92. The number of halogens is 1. The third-order valence-electron chi connectivity index (χ3n) is 3.31. The summed E-state index contributed by atoms with van der Waals surface area (Å²) in [5.41, 5.74) is 0.658. The number of anilines is 2. The summed E-state index contributed by atoms with van der Waals surface area (Å²) >= 11 is 6.02. The molecule has 0 spiro atoms. The lowest BCUT2D eigenvalue weighted by Crippen LogP contribution is -2.37. The first-order chi connectivity index (χ1) is 13.1. The molecule has 0 fully saturated rings. The largest absolute Gasteiger partial charge is 0.444 e. The van der Waals surface area contributed by atoms with E-state index in [1.807, 2.05) is 0 Å². The molecule has 3 N–H and O–H groups in total. The van der Waals surface area contributed by atoms with Crippen molar-refractivity contribution in [2.75, 3.05) is 17.2 Å². The Morgan fingerprint density at radius 1 is 0.964 bits per heavy atom. The molecule has 0 saturated carbocycles. The molecule has 0 bridgehead atoms. The second-order valence-electron chi connectivity index (χ2n) is 6.92. The third-order valence-corrected chi connectivity index (χ3v) is 3.64. The summed E-state index contributed by atoms with van der Waals surface area (Å²) in [6, 6.07) is 13.3. The summed E-state index contributed by atoms with van der Waals surface area (Å²) in [5, 5.41) is 8.08. The highest BCUT2D eigenvalue weighted by atomic mass is 35.5. The lowest BCUT2D eigenvalue weighted by molar-refractivity contribution is -0.115. The smallest absolute Gasteiger partial charge is 0.408 e. The van der Waals surface area contributed by atoms with E-state index < -0.39 is 17.6 Å². The van der Waals surface area contributed by atoms with Gasteiger partial charge in [0.1, 0.15) is 12.1 Å². The molecule has 0 atom stereocenters. The van der Waals surface area contributed by atoms with Crippen molar-refractivity contribution < 1.29 is 19.1 Å². The molecule has 0 unspecified atom stereocenters. The van der Waals surface area contributed by atoms with Gasteiger partial charge in [0.25, 0.3) is 5.91 Å². The fourth-order valence-electron chi connectivity index (χ4n) is 2.19. The highest BCUT2D eigenvalue weighted by Gasteiger charge is 2.16. The van der Waals surface area contributed by atoms with E-state index in [-0.39, 0.29) is 12.5 Å². The molecule has 2 aromatic carbocycles. The molecule has 3 amide bonds. The maximum atomic E-state index is 12.3. The third kappa shape index (κ3) is 6.92. The van der Waals surface area contributed by atoms with Crippen LogP contribution in [0.1, 0.15) is 31.1 Å². The number of rotatable bonds is 5. The molecule has 0 aliphatic rings. The van der Waals surface area contributed by atoms with Crippen LogP contribution in [0.15, 0.2) is 48.5 Å². The van der Waals surface area contributed by atoms with Crippen LogP contribution >= 0.6 is 11.6 Å². The summed E-state index contributed by atoms with van der Waals surface area (Å²) in [7, 11) is 0. The topological polar surface area (TPSA) is 96.5 Å². The van der Waals surface area contributed by atoms with E-state index in [1.54, 1.807) is 69.3 Å². The maximum absolute atomic E-state index is 12.3. The molecule has 0 aliphatic carbocycles. The van der Waals surface area contributed by atoms with Crippen molar-refractivity contribution in [3.05, 3.63) is 59.1 Å². The van der Waals surface area contributed by atoms with Gasteiger partial charge in [-0.05, 0) is 51.1 Å². The minimum Gasteiger partial charge on any atom is -0.444 e. The first-order valence-corrected chi connectivity index (χ1v) is 8.94. The fraction of sp³-hybridized carbons (Fsp3) is 0.250. The van der Waals surface area contributed by atoms with Gasteiger partial charge in [-0.25, -0.2) is 4.79 Å². The number of hydrogen-bond donors (Lipinski definition) is 3. The normalized spacial score (nSPS) is 10.7. The van der Waals surface area contributed by atoms with Crippen molar-refractivity contribution in [1.82, 2.24) is 5.32 Å². The quantitative estimate of drug-likeness (QED) is 0.701. The number of carbonyl (C=O) groups is 3. The van der Waals surface area contributed by atoms with Crippen LogP contribution in [-0.2, 0) is 9.53 Å². The van der Waals surface area contributed by atoms with Crippen molar-refractivity contribution in [2.45, 2.75) is 26.4 Å². The molecule has 28 heavy (non-hydrogen) atoms. The van der Waals surface area contributed by atoms with Crippen LogP contribution < -0.4 is 16.0 Å². The molecule has 8 heteroatoms. The van der Waals surface area contributed by atoms with E-state index in [0.29, 0.717) is 22.0 Å². The Morgan fingerprint density at radius 3 is 2.25 bits per heavy atom. The fourth-order valence-corrected chi connectivity index (χ4v) is 2.41. The second-order valence-corrected chi connectivity index (χ2v) is 7.33. The van der Waals surface area contributed by atoms with Crippen LogP contribution in [0, 0.1) is 0 Å². The van der Waals surface area contributed by atoms with Crippen molar-refractivity contribution in [3.63, 3.8) is 0 Å². The van der Waals surface area contributed by atoms with Crippen molar-refractivity contribution in [2.24, 2.45) is 0 Å². The van der Waals surface area contributed by atoms with Crippen LogP contribution in [0.3, 0.4) is 0 Å². The number of amides is 3. The van der Waals surface area contributed by atoms with Gasteiger partial charge in [0.05, 0.1) is 10.6 Å². The van der Waals surface area contributed by atoms with Crippen LogP contribution in [0.5, 0.6) is 0 Å². The molecule has 0 aliphatic heterocycles. The van der Waals surface area contributed by atoms with Crippen molar-refractivity contribution in [1.29, 1.82) is 0 Å². The molecular weight excluding hydrogens is 382 g/mol. The van der Waals surface area contributed by atoms with E-state index in [1.165, 1.54) is 0 Å². The Bertz CT molecular complexity index is 878. The second kappa shape index (κ2) is 9.23. The van der Waals surface area contributed by atoms with Crippen molar-refractivity contribution >= 4 is 40.9 Å². The van der Waals surface area contributed by atoms with Crippen LogP contribution in [-0.4, -0.2) is 30.1 Å². The van der Waals surface area contributed by atoms with Gasteiger partial charge < -0.3 is 20.7 Å². The van der Waals surface area contributed by atoms with Gasteiger partial charge >= 0.3 is 6.09 Å². The lowest BCUT2D eigenvalue weighted by Gasteiger charge is -2.19. The van der Waals surface area contributed by atoms with Gasteiger partial charge in [0.15, 0.2) is 0 Å². The van der Waals surface area contributed by atoms with Gasteiger partial charge in [-0.3, -0.25) is 9.59 Å². The average Bonchev–Trinajstić information content (AvgIpc) is 2.59. The number of nitrogens with one attached hydrogen (secondary N) is 3. The summed E-state index contributed by atoms with van der Waals surface area (Å²) in [6.45, 7) is 4.95. The molecule has 2 aromatic rings. The zero-order chi connectivity index (χ0) is 20.7. The van der Waals surface area contributed by atoms with E-state index in [4.69, 9.17) is 16.3 Å². The summed E-state index contributed by atoms with van der Waals surface area (Å²) in [5.74, 6) is -0.791. The predicted molar refractivity (Wildman–Crippen MR) is 109 cm³/mol. The lowest BCUT2D eigenvalue weighted by atomic mass is 10.2. The van der Waals surface area contributed by atoms with Crippen molar-refractivity contribution in [3.8, 4) is 0 Å². The molecule has 0 heterocycles. The molecule has 148 valence electrons. The molecule has 0 radical (unpaired) electrons. The van der Waals surface area contributed by atoms with Gasteiger partial charge in [0, 0.05) is 11.4 Å². The number of alkyl carbamates (subject to hydrolysis) is 1. The zero-order valence-electron chi connectivity index (χ0n) is 15.8. The number of ether oxygens (including phenoxy) is 1. The highest BCUT2D eigenvalue weighted by Crippen LogP contribution is 2.19. The summed E-state index contributed by atoms with van der Waals surface area (Å²) < 4.78 is 5.06. The molecule has 0 aromatic heterocycles. The summed E-state index contributed by atoms with van der Waals surface area (Å²) in [4.78, 5) is 35.9. The first kappa shape index (κ1) is 21.2. The Morgan fingerprint density at radius 2 is 1.61 bits per heavy atom. The zero-order valence-corrected chi connectivity index (χ0v) is 16.6. The minimum atomic E-state index is -0.677. The first-order valence-electron chi connectivity index (χ1n) is 8.57. The molecule has 0 saturated heterocycles. The average molecular weight is 404 g/mol. The van der Waals surface area contributed by atoms with Gasteiger partial charge in [-0.15, -0.1) is 0 Å². The predicted octanol–water partition coefficient (Wildman–Crippen LogP) is 4.06.